The quantitative estimate of drug-likeness (QED) is 0.713. The van der Waals surface area contributed by atoms with Gasteiger partial charge in [0.05, 0.1) is 5.92 Å². The number of carbonyl (C=O) groups is 1. The number of methoxy groups -OCH3 is 1. The highest BCUT2D eigenvalue weighted by Crippen LogP contribution is 2.39. The van der Waals surface area contributed by atoms with Crippen molar-refractivity contribution >= 4 is 5.97 Å². The van der Waals surface area contributed by atoms with Crippen molar-refractivity contribution in [3.8, 4) is 0 Å². The molecule has 2 rings (SSSR count). The van der Waals surface area contributed by atoms with Crippen LogP contribution in [-0.4, -0.2) is 19.7 Å². The van der Waals surface area contributed by atoms with Gasteiger partial charge in [0.15, 0.2) is 18.1 Å². The third-order valence-electron chi connectivity index (χ3n) is 2.79. The molecule has 0 saturated heterocycles. The fourth-order valence-electron chi connectivity index (χ4n) is 1.68. The number of carbonyl (C=O) groups excluding carboxylic acids is 1. The molecule has 1 saturated carbocycles. The fraction of sp³-hybridized carbons (Fsp3) is 0.636. The van der Waals surface area contributed by atoms with E-state index in [1.54, 1.807) is 14.0 Å². The first-order chi connectivity index (χ1) is 8.11. The molecule has 0 unspecified atom stereocenters. The lowest BCUT2D eigenvalue weighted by molar-refractivity contribution is -0.147. The zero-order chi connectivity index (χ0) is 12.4. The lowest BCUT2D eigenvalue weighted by Gasteiger charge is -2.01. The highest BCUT2D eigenvalue weighted by Gasteiger charge is 2.44. The molecular formula is C11H14O6. The van der Waals surface area contributed by atoms with Crippen molar-refractivity contribution in [1.29, 1.82) is 0 Å². The first-order valence-electron chi connectivity index (χ1n) is 5.36. The van der Waals surface area contributed by atoms with Crippen molar-refractivity contribution in [2.75, 3.05) is 13.7 Å². The topological polar surface area (TPSA) is 78.9 Å². The Morgan fingerprint density at radius 3 is 2.82 bits per heavy atom. The molecule has 1 heterocycles. The van der Waals surface area contributed by atoms with Crippen LogP contribution >= 0.6 is 0 Å². The Labute approximate surface area is 97.5 Å². The van der Waals surface area contributed by atoms with Crippen molar-refractivity contribution in [1.82, 2.24) is 0 Å². The van der Waals surface area contributed by atoms with E-state index >= 15 is 0 Å². The zero-order valence-electron chi connectivity index (χ0n) is 9.73. The third-order valence-corrected chi connectivity index (χ3v) is 2.79. The minimum absolute atomic E-state index is 0.0629. The van der Waals surface area contributed by atoms with Crippen molar-refractivity contribution in [3.05, 3.63) is 22.1 Å². The van der Waals surface area contributed by atoms with Gasteiger partial charge in [-0.05, 0) is 19.3 Å². The molecule has 0 spiro atoms. The lowest BCUT2D eigenvalue weighted by Crippen LogP contribution is -2.09. The highest BCUT2D eigenvalue weighted by molar-refractivity contribution is 5.75. The average Bonchev–Trinajstić information content (AvgIpc) is 2.96. The van der Waals surface area contributed by atoms with E-state index in [2.05, 4.69) is 4.42 Å². The monoisotopic (exact) mass is 242 g/mol. The van der Waals surface area contributed by atoms with Crippen molar-refractivity contribution < 1.29 is 23.1 Å². The van der Waals surface area contributed by atoms with Crippen LogP contribution in [-0.2, 0) is 20.9 Å². The summed E-state index contributed by atoms with van der Waals surface area (Å²) < 4.78 is 19.3. The molecule has 0 N–H and O–H groups in total. The maximum absolute atomic E-state index is 11.6. The van der Waals surface area contributed by atoms with Gasteiger partial charge >= 0.3 is 11.8 Å². The van der Waals surface area contributed by atoms with Crippen LogP contribution < -0.4 is 5.82 Å². The van der Waals surface area contributed by atoms with Gasteiger partial charge in [0.2, 0.25) is 0 Å². The minimum atomic E-state index is -0.780. The lowest BCUT2D eigenvalue weighted by atomic mass is 10.3. The summed E-state index contributed by atoms with van der Waals surface area (Å²) in [7, 11) is 1.60. The van der Waals surface area contributed by atoms with E-state index in [4.69, 9.17) is 13.9 Å². The second kappa shape index (κ2) is 4.75. The maximum atomic E-state index is 11.6. The molecule has 0 radical (unpaired) electrons. The van der Waals surface area contributed by atoms with Gasteiger partial charge in [0.1, 0.15) is 0 Å². The Morgan fingerprint density at radius 2 is 2.24 bits per heavy atom. The van der Waals surface area contributed by atoms with Gasteiger partial charge in [-0.3, -0.25) is 4.79 Å². The summed E-state index contributed by atoms with van der Waals surface area (Å²) in [6.07, 6.45) is 0.793. The summed E-state index contributed by atoms with van der Waals surface area (Å²) >= 11 is 0. The predicted octanol–water partition coefficient (Wildman–Crippen LogP) is 0.867. The molecule has 6 nitrogen and oxygen atoms in total. The van der Waals surface area contributed by atoms with Crippen LogP contribution in [0.3, 0.4) is 0 Å². The first-order valence-corrected chi connectivity index (χ1v) is 5.36. The van der Waals surface area contributed by atoms with Gasteiger partial charge < -0.3 is 18.3 Å². The van der Waals surface area contributed by atoms with E-state index in [0.29, 0.717) is 12.4 Å². The van der Waals surface area contributed by atoms with Crippen LogP contribution in [0.5, 0.6) is 0 Å². The first kappa shape index (κ1) is 11.9. The van der Waals surface area contributed by atoms with E-state index in [1.807, 2.05) is 0 Å². The summed E-state index contributed by atoms with van der Waals surface area (Å²) in [5.74, 6) is -0.300. The van der Waals surface area contributed by atoms with Gasteiger partial charge in [0.25, 0.3) is 0 Å². The van der Waals surface area contributed by atoms with E-state index in [-0.39, 0.29) is 30.2 Å². The van der Waals surface area contributed by atoms with Gasteiger partial charge in [-0.25, -0.2) is 4.79 Å². The SMILES string of the molecule is COC[C@@H]1C[C@H]1C(=O)OCc1oc(=O)oc1C. The number of hydrogen-bond donors (Lipinski definition) is 0. The summed E-state index contributed by atoms with van der Waals surface area (Å²) in [6, 6.07) is 0. The molecule has 6 heteroatoms. The van der Waals surface area contributed by atoms with Crippen LogP contribution in [0.1, 0.15) is 17.9 Å². The number of aryl methyl sites for hydroxylation is 1. The second-order valence-corrected chi connectivity index (χ2v) is 4.10. The Kier molecular flexibility index (Phi) is 3.33. The third kappa shape index (κ3) is 2.76. The normalized spacial score (nSPS) is 22.5. The fourth-order valence-corrected chi connectivity index (χ4v) is 1.68. The largest absolute Gasteiger partial charge is 0.519 e. The Balaban J connectivity index is 1.81. The number of ether oxygens (including phenoxy) is 2. The van der Waals surface area contributed by atoms with Gasteiger partial charge in [-0.15, -0.1) is 0 Å². The summed E-state index contributed by atoms with van der Waals surface area (Å²) in [4.78, 5) is 22.3. The van der Waals surface area contributed by atoms with Gasteiger partial charge in [-0.2, -0.15) is 0 Å². The van der Waals surface area contributed by atoms with Crippen LogP contribution in [0, 0.1) is 18.8 Å². The van der Waals surface area contributed by atoms with Crippen LogP contribution in [0.4, 0.5) is 0 Å². The molecule has 0 amide bonds. The number of rotatable bonds is 5. The molecule has 1 aliphatic carbocycles. The smallest absolute Gasteiger partial charge is 0.457 e. The Morgan fingerprint density at radius 1 is 1.47 bits per heavy atom. The molecule has 1 fully saturated rings. The molecule has 1 aromatic heterocycles. The summed E-state index contributed by atoms with van der Waals surface area (Å²) in [5, 5.41) is 0. The average molecular weight is 242 g/mol. The molecule has 1 aromatic rings. The van der Waals surface area contributed by atoms with E-state index < -0.39 is 5.82 Å². The van der Waals surface area contributed by atoms with E-state index in [9.17, 15) is 9.59 Å². The molecule has 17 heavy (non-hydrogen) atoms. The molecule has 0 aliphatic heterocycles. The minimum Gasteiger partial charge on any atom is -0.457 e. The standard InChI is InChI=1S/C11H14O6/c1-6-9(17-11(13)16-6)5-15-10(12)8-3-7(8)4-14-2/h7-8H,3-5H2,1-2H3/t7-,8+/m0/s1. The maximum Gasteiger partial charge on any atom is 0.519 e. The summed E-state index contributed by atoms with van der Waals surface area (Å²) in [5.41, 5.74) is 0. The zero-order valence-corrected chi connectivity index (χ0v) is 9.73. The Hall–Kier alpha value is -1.56. The van der Waals surface area contributed by atoms with E-state index in [0.717, 1.165) is 6.42 Å². The predicted molar refractivity (Wildman–Crippen MR) is 55.3 cm³/mol. The molecule has 0 aromatic carbocycles. The van der Waals surface area contributed by atoms with E-state index in [1.165, 1.54) is 0 Å². The highest BCUT2D eigenvalue weighted by atomic mass is 16.6. The Bertz CT molecular complexity index is 457. The second-order valence-electron chi connectivity index (χ2n) is 4.10. The van der Waals surface area contributed by atoms with Gasteiger partial charge in [0, 0.05) is 13.7 Å². The van der Waals surface area contributed by atoms with Gasteiger partial charge in [-0.1, -0.05) is 0 Å². The molecular weight excluding hydrogens is 228 g/mol. The van der Waals surface area contributed by atoms with Crippen molar-refractivity contribution in [2.45, 2.75) is 20.0 Å². The number of esters is 1. The molecule has 0 bridgehead atoms. The van der Waals surface area contributed by atoms with Crippen molar-refractivity contribution in [3.63, 3.8) is 0 Å². The van der Waals surface area contributed by atoms with Crippen LogP contribution in [0.2, 0.25) is 0 Å². The van der Waals surface area contributed by atoms with Crippen LogP contribution in [0.15, 0.2) is 13.6 Å². The van der Waals surface area contributed by atoms with Crippen LogP contribution in [0.25, 0.3) is 0 Å². The molecule has 94 valence electrons. The van der Waals surface area contributed by atoms with Crippen molar-refractivity contribution in [2.24, 2.45) is 11.8 Å². The number of hydrogen-bond acceptors (Lipinski definition) is 6. The summed E-state index contributed by atoms with van der Waals surface area (Å²) in [6.45, 7) is 2.09. The molecule has 2 atom stereocenters. The molecule has 1 aliphatic rings.